The second-order valence-corrected chi connectivity index (χ2v) is 5.70. The maximum Gasteiger partial charge on any atom is 0.138 e. The van der Waals surface area contributed by atoms with Crippen molar-refractivity contribution in [2.45, 2.75) is 45.4 Å². The minimum atomic E-state index is -0.675. The minimum Gasteiger partial charge on any atom is -0.488 e. The van der Waals surface area contributed by atoms with Crippen LogP contribution in [-0.4, -0.2) is 32.1 Å². The topological polar surface area (TPSA) is 60.2 Å². The predicted molar refractivity (Wildman–Crippen MR) is 81.7 cm³/mol. The standard InChI is InChI=1S/C15H20ClN3O2/c1-10(2)19-15(17-9-18-19)8-14(20)11(3)21-13-6-4-5-12(16)7-13/h4-7,9-11,14,20H,8H2,1-3H3. The molecule has 0 aliphatic carbocycles. The van der Waals surface area contributed by atoms with E-state index in [9.17, 15) is 5.11 Å². The Hall–Kier alpha value is -1.59. The molecule has 0 saturated carbocycles. The largest absolute Gasteiger partial charge is 0.488 e. The van der Waals surface area contributed by atoms with E-state index in [0.29, 0.717) is 17.2 Å². The van der Waals surface area contributed by atoms with Crippen molar-refractivity contribution in [3.05, 3.63) is 41.4 Å². The molecule has 0 bridgehead atoms. The van der Waals surface area contributed by atoms with E-state index >= 15 is 0 Å². The molecule has 1 N–H and O–H groups in total. The lowest BCUT2D eigenvalue weighted by molar-refractivity contribution is 0.0456. The summed E-state index contributed by atoms with van der Waals surface area (Å²) < 4.78 is 7.52. The average Bonchev–Trinajstić information content (AvgIpc) is 2.87. The zero-order valence-corrected chi connectivity index (χ0v) is 13.2. The molecule has 0 aliphatic rings. The molecule has 0 saturated heterocycles. The third-order valence-electron chi connectivity index (χ3n) is 3.19. The second-order valence-electron chi connectivity index (χ2n) is 5.27. The van der Waals surface area contributed by atoms with Gasteiger partial charge in [-0.1, -0.05) is 17.7 Å². The summed E-state index contributed by atoms with van der Waals surface area (Å²) in [6.07, 6.45) is 0.844. The summed E-state index contributed by atoms with van der Waals surface area (Å²) in [5.74, 6) is 1.39. The molecular formula is C15H20ClN3O2. The number of aliphatic hydroxyl groups excluding tert-OH is 1. The van der Waals surface area contributed by atoms with Crippen LogP contribution in [0.15, 0.2) is 30.6 Å². The molecule has 1 heterocycles. The molecule has 2 unspecified atom stereocenters. The second kappa shape index (κ2) is 6.91. The molecule has 21 heavy (non-hydrogen) atoms. The molecule has 0 spiro atoms. The van der Waals surface area contributed by atoms with Crippen molar-refractivity contribution in [1.29, 1.82) is 0 Å². The van der Waals surface area contributed by atoms with Gasteiger partial charge in [0.25, 0.3) is 0 Å². The van der Waals surface area contributed by atoms with Crippen molar-refractivity contribution in [3.63, 3.8) is 0 Å². The van der Waals surface area contributed by atoms with Gasteiger partial charge < -0.3 is 9.84 Å². The molecule has 1 aromatic heterocycles. The predicted octanol–water partition coefficient (Wildman–Crippen LogP) is 2.88. The summed E-state index contributed by atoms with van der Waals surface area (Å²) in [6, 6.07) is 7.33. The van der Waals surface area contributed by atoms with E-state index < -0.39 is 6.10 Å². The molecule has 5 nitrogen and oxygen atoms in total. The molecule has 2 atom stereocenters. The highest BCUT2D eigenvalue weighted by Crippen LogP contribution is 2.20. The Bertz CT molecular complexity index is 586. The Labute approximate surface area is 129 Å². The zero-order valence-electron chi connectivity index (χ0n) is 12.4. The van der Waals surface area contributed by atoms with Gasteiger partial charge in [0.1, 0.15) is 24.0 Å². The normalized spacial score (nSPS) is 14.2. The van der Waals surface area contributed by atoms with Crippen LogP contribution in [0.3, 0.4) is 0 Å². The Morgan fingerprint density at radius 2 is 2.10 bits per heavy atom. The van der Waals surface area contributed by atoms with Gasteiger partial charge in [0.2, 0.25) is 0 Å². The summed E-state index contributed by atoms with van der Waals surface area (Å²) in [7, 11) is 0. The van der Waals surface area contributed by atoms with Gasteiger partial charge in [-0.15, -0.1) is 0 Å². The minimum absolute atomic E-state index is 0.207. The highest BCUT2D eigenvalue weighted by Gasteiger charge is 2.20. The number of ether oxygens (including phenoxy) is 1. The SMILES string of the molecule is CC(Oc1cccc(Cl)c1)C(O)Cc1ncnn1C(C)C. The summed E-state index contributed by atoms with van der Waals surface area (Å²) in [5, 5.41) is 15.1. The summed E-state index contributed by atoms with van der Waals surface area (Å²) in [5.41, 5.74) is 0. The maximum absolute atomic E-state index is 10.3. The fourth-order valence-corrected chi connectivity index (χ4v) is 2.22. The van der Waals surface area contributed by atoms with Gasteiger partial charge in [0.05, 0.1) is 6.10 Å². The lowest BCUT2D eigenvalue weighted by Gasteiger charge is -2.21. The van der Waals surface area contributed by atoms with Crippen molar-refractivity contribution >= 4 is 11.6 Å². The van der Waals surface area contributed by atoms with Crippen molar-refractivity contribution in [3.8, 4) is 5.75 Å². The number of aliphatic hydroxyl groups is 1. The lowest BCUT2D eigenvalue weighted by Crippen LogP contribution is -2.31. The Balaban J connectivity index is 1.99. The molecule has 0 fully saturated rings. The number of aromatic nitrogens is 3. The number of nitrogens with zero attached hydrogens (tertiary/aromatic N) is 3. The summed E-state index contributed by atoms with van der Waals surface area (Å²) in [4.78, 5) is 4.20. The van der Waals surface area contributed by atoms with Crippen molar-refractivity contribution < 1.29 is 9.84 Å². The first-order valence-electron chi connectivity index (χ1n) is 6.96. The lowest BCUT2D eigenvalue weighted by atomic mass is 10.1. The van der Waals surface area contributed by atoms with E-state index in [-0.39, 0.29) is 12.1 Å². The van der Waals surface area contributed by atoms with Crippen LogP contribution in [-0.2, 0) is 6.42 Å². The molecule has 0 radical (unpaired) electrons. The van der Waals surface area contributed by atoms with E-state index in [1.807, 2.05) is 32.9 Å². The smallest absolute Gasteiger partial charge is 0.138 e. The Morgan fingerprint density at radius 1 is 1.33 bits per heavy atom. The summed E-state index contributed by atoms with van der Waals surface area (Å²) >= 11 is 5.91. The quantitative estimate of drug-likeness (QED) is 0.891. The first-order valence-corrected chi connectivity index (χ1v) is 7.34. The van der Waals surface area contributed by atoms with Gasteiger partial charge in [-0.05, 0) is 39.0 Å². The van der Waals surface area contributed by atoms with Crippen LogP contribution >= 0.6 is 11.6 Å². The van der Waals surface area contributed by atoms with Crippen LogP contribution in [0.2, 0.25) is 5.02 Å². The van der Waals surface area contributed by atoms with E-state index in [2.05, 4.69) is 10.1 Å². The molecule has 2 rings (SSSR count). The van der Waals surface area contributed by atoms with E-state index in [1.54, 1.807) is 16.8 Å². The first-order chi connectivity index (χ1) is 9.97. The zero-order chi connectivity index (χ0) is 15.4. The van der Waals surface area contributed by atoms with E-state index in [1.165, 1.54) is 6.33 Å². The van der Waals surface area contributed by atoms with Crippen molar-refractivity contribution in [1.82, 2.24) is 14.8 Å². The fraction of sp³-hybridized carbons (Fsp3) is 0.467. The van der Waals surface area contributed by atoms with E-state index in [4.69, 9.17) is 16.3 Å². The van der Waals surface area contributed by atoms with E-state index in [0.717, 1.165) is 5.82 Å². The molecule has 6 heteroatoms. The monoisotopic (exact) mass is 309 g/mol. The van der Waals surface area contributed by atoms with Crippen LogP contribution in [0.4, 0.5) is 0 Å². The van der Waals surface area contributed by atoms with Gasteiger partial charge in [0.15, 0.2) is 0 Å². The average molecular weight is 310 g/mol. The number of hydrogen-bond acceptors (Lipinski definition) is 4. The Morgan fingerprint density at radius 3 is 2.76 bits per heavy atom. The van der Waals surface area contributed by atoms with Crippen molar-refractivity contribution in [2.75, 3.05) is 0 Å². The molecule has 114 valence electrons. The van der Waals surface area contributed by atoms with Crippen molar-refractivity contribution in [2.24, 2.45) is 0 Å². The van der Waals surface area contributed by atoms with Crippen LogP contribution in [0.1, 0.15) is 32.6 Å². The Kier molecular flexibility index (Phi) is 5.20. The highest BCUT2D eigenvalue weighted by atomic mass is 35.5. The number of rotatable bonds is 6. The molecule has 1 aromatic carbocycles. The fourth-order valence-electron chi connectivity index (χ4n) is 2.04. The van der Waals surface area contributed by atoms with Crippen LogP contribution < -0.4 is 4.74 Å². The van der Waals surface area contributed by atoms with Gasteiger partial charge >= 0.3 is 0 Å². The van der Waals surface area contributed by atoms with Gasteiger partial charge in [0, 0.05) is 17.5 Å². The van der Waals surface area contributed by atoms with Gasteiger partial charge in [-0.3, -0.25) is 0 Å². The van der Waals surface area contributed by atoms with Crippen LogP contribution in [0.25, 0.3) is 0 Å². The molecule has 0 amide bonds. The number of hydrogen-bond donors (Lipinski definition) is 1. The van der Waals surface area contributed by atoms with Gasteiger partial charge in [-0.25, -0.2) is 9.67 Å². The molecular weight excluding hydrogens is 290 g/mol. The first kappa shape index (κ1) is 15.8. The third-order valence-corrected chi connectivity index (χ3v) is 3.42. The maximum atomic E-state index is 10.3. The molecule has 0 aliphatic heterocycles. The van der Waals surface area contributed by atoms with Gasteiger partial charge in [-0.2, -0.15) is 5.10 Å². The number of halogens is 1. The van der Waals surface area contributed by atoms with Crippen LogP contribution in [0, 0.1) is 0 Å². The summed E-state index contributed by atoms with van der Waals surface area (Å²) in [6.45, 7) is 5.87. The molecule has 2 aromatic rings. The highest BCUT2D eigenvalue weighted by molar-refractivity contribution is 6.30. The third kappa shape index (κ3) is 4.19. The number of benzene rings is 1. The van der Waals surface area contributed by atoms with Crippen LogP contribution in [0.5, 0.6) is 5.75 Å².